The molecular weight excluding hydrogens is 424 g/mol. The molecule has 5 nitrogen and oxygen atoms in total. The zero-order valence-electron chi connectivity index (χ0n) is 14.0. The van der Waals surface area contributed by atoms with Gasteiger partial charge in [0.25, 0.3) is 5.91 Å². The van der Waals surface area contributed by atoms with E-state index >= 15 is 0 Å². The van der Waals surface area contributed by atoms with Gasteiger partial charge in [-0.15, -0.1) is 11.3 Å². The molecule has 0 atom stereocenters. The Morgan fingerprint density at radius 1 is 1.36 bits per heavy atom. The van der Waals surface area contributed by atoms with Gasteiger partial charge in [-0.2, -0.15) is 5.10 Å². The maximum atomic E-state index is 12.8. The SMILES string of the molecule is Cc1cc(C)n(-c2ccc(Cl)c(C(=O)N(C)Cc3cc(Br)cs3)n2)n1. The molecule has 3 aromatic heterocycles. The first-order valence-electron chi connectivity index (χ1n) is 7.53. The fourth-order valence-electron chi connectivity index (χ4n) is 2.48. The Balaban J connectivity index is 1.89. The number of carbonyl (C=O) groups excluding carboxylic acids is 1. The Labute approximate surface area is 163 Å². The predicted molar refractivity (Wildman–Crippen MR) is 104 cm³/mol. The van der Waals surface area contributed by atoms with Crippen molar-refractivity contribution in [3.63, 3.8) is 0 Å². The highest BCUT2D eigenvalue weighted by molar-refractivity contribution is 9.10. The van der Waals surface area contributed by atoms with Crippen molar-refractivity contribution in [3.8, 4) is 5.82 Å². The number of thiophene rings is 1. The molecule has 0 bridgehead atoms. The molecule has 3 aromatic rings. The van der Waals surface area contributed by atoms with Crippen molar-refractivity contribution in [1.29, 1.82) is 0 Å². The molecule has 3 heterocycles. The quantitative estimate of drug-likeness (QED) is 0.595. The van der Waals surface area contributed by atoms with E-state index in [0.717, 1.165) is 20.7 Å². The summed E-state index contributed by atoms with van der Waals surface area (Å²) in [5, 5.41) is 6.73. The lowest BCUT2D eigenvalue weighted by atomic mass is 10.3. The molecule has 0 aromatic carbocycles. The van der Waals surface area contributed by atoms with Gasteiger partial charge >= 0.3 is 0 Å². The van der Waals surface area contributed by atoms with Gasteiger partial charge in [0.1, 0.15) is 5.69 Å². The maximum absolute atomic E-state index is 12.8. The Morgan fingerprint density at radius 2 is 2.12 bits per heavy atom. The molecule has 0 spiro atoms. The Kier molecular flexibility index (Phi) is 5.27. The summed E-state index contributed by atoms with van der Waals surface area (Å²) in [6.07, 6.45) is 0. The predicted octanol–water partition coefficient (Wildman–Crippen LogP) is 4.63. The summed E-state index contributed by atoms with van der Waals surface area (Å²) in [4.78, 5) is 19.9. The molecule has 3 rings (SSSR count). The van der Waals surface area contributed by atoms with E-state index in [0.29, 0.717) is 17.4 Å². The zero-order chi connectivity index (χ0) is 18.1. The highest BCUT2D eigenvalue weighted by Gasteiger charge is 2.19. The summed E-state index contributed by atoms with van der Waals surface area (Å²) in [7, 11) is 1.74. The Hall–Kier alpha value is -1.70. The van der Waals surface area contributed by atoms with Crippen LogP contribution >= 0.6 is 38.9 Å². The van der Waals surface area contributed by atoms with Gasteiger partial charge in [-0.05, 0) is 54.0 Å². The molecule has 0 saturated carbocycles. The largest absolute Gasteiger partial charge is 0.335 e. The summed E-state index contributed by atoms with van der Waals surface area (Å²) < 4.78 is 2.72. The molecule has 8 heteroatoms. The smallest absolute Gasteiger partial charge is 0.274 e. The summed E-state index contributed by atoms with van der Waals surface area (Å²) in [5.74, 6) is 0.350. The Bertz CT molecular complexity index is 937. The van der Waals surface area contributed by atoms with Crippen molar-refractivity contribution >= 4 is 44.8 Å². The van der Waals surface area contributed by atoms with E-state index in [1.807, 2.05) is 31.4 Å². The van der Waals surface area contributed by atoms with Crippen molar-refractivity contribution in [2.75, 3.05) is 7.05 Å². The van der Waals surface area contributed by atoms with E-state index in [1.54, 1.807) is 40.1 Å². The number of rotatable bonds is 4. The second-order valence-corrected chi connectivity index (χ2v) is 8.05. The van der Waals surface area contributed by atoms with Gasteiger partial charge in [-0.1, -0.05) is 11.6 Å². The lowest BCUT2D eigenvalue weighted by Crippen LogP contribution is -2.27. The van der Waals surface area contributed by atoms with Gasteiger partial charge in [0, 0.05) is 27.5 Å². The maximum Gasteiger partial charge on any atom is 0.274 e. The minimum atomic E-state index is -0.224. The molecule has 0 saturated heterocycles. The number of aromatic nitrogens is 3. The molecule has 0 aliphatic heterocycles. The normalized spacial score (nSPS) is 10.9. The number of pyridine rings is 1. The van der Waals surface area contributed by atoms with E-state index in [2.05, 4.69) is 26.0 Å². The van der Waals surface area contributed by atoms with E-state index in [4.69, 9.17) is 11.6 Å². The van der Waals surface area contributed by atoms with Crippen molar-refractivity contribution in [2.45, 2.75) is 20.4 Å². The van der Waals surface area contributed by atoms with Crippen LogP contribution in [0.1, 0.15) is 26.8 Å². The average molecular weight is 440 g/mol. The number of aryl methyl sites for hydroxylation is 2. The van der Waals surface area contributed by atoms with Crippen LogP contribution in [0.3, 0.4) is 0 Å². The molecule has 0 N–H and O–H groups in total. The zero-order valence-corrected chi connectivity index (χ0v) is 17.1. The average Bonchev–Trinajstić information content (AvgIpc) is 3.12. The van der Waals surface area contributed by atoms with Crippen LogP contribution in [0.4, 0.5) is 0 Å². The molecule has 0 radical (unpaired) electrons. The monoisotopic (exact) mass is 438 g/mol. The third kappa shape index (κ3) is 3.94. The standard InChI is InChI=1S/C17H16BrClN4OS/c1-10-6-11(2)23(21-10)15-5-4-14(19)16(20-15)17(24)22(3)8-13-7-12(18)9-25-13/h4-7,9H,8H2,1-3H3. The van der Waals surface area contributed by atoms with Crippen molar-refractivity contribution in [1.82, 2.24) is 19.7 Å². The second-order valence-electron chi connectivity index (χ2n) is 5.73. The highest BCUT2D eigenvalue weighted by atomic mass is 79.9. The lowest BCUT2D eigenvalue weighted by molar-refractivity contribution is 0.0780. The molecule has 130 valence electrons. The van der Waals surface area contributed by atoms with Gasteiger partial charge in [0.05, 0.1) is 17.3 Å². The van der Waals surface area contributed by atoms with E-state index in [1.165, 1.54) is 0 Å². The van der Waals surface area contributed by atoms with Crippen LogP contribution < -0.4 is 0 Å². The van der Waals surface area contributed by atoms with E-state index in [9.17, 15) is 4.79 Å². The number of hydrogen-bond donors (Lipinski definition) is 0. The van der Waals surface area contributed by atoms with E-state index in [-0.39, 0.29) is 11.6 Å². The van der Waals surface area contributed by atoms with Crippen LogP contribution in [-0.2, 0) is 6.54 Å². The first-order chi connectivity index (χ1) is 11.8. The summed E-state index contributed by atoms with van der Waals surface area (Å²) in [6.45, 7) is 4.36. The number of hydrogen-bond acceptors (Lipinski definition) is 4. The third-order valence-electron chi connectivity index (χ3n) is 3.62. The summed E-state index contributed by atoms with van der Waals surface area (Å²) >= 11 is 11.2. The van der Waals surface area contributed by atoms with Gasteiger partial charge in [-0.3, -0.25) is 4.79 Å². The molecule has 25 heavy (non-hydrogen) atoms. The van der Waals surface area contributed by atoms with Crippen molar-refractivity contribution in [3.05, 3.63) is 61.1 Å². The summed E-state index contributed by atoms with van der Waals surface area (Å²) in [6, 6.07) is 7.40. The van der Waals surface area contributed by atoms with Crippen LogP contribution in [0, 0.1) is 13.8 Å². The molecule has 1 amide bonds. The molecule has 0 aliphatic carbocycles. The second kappa shape index (κ2) is 7.27. The fraction of sp³-hybridized carbons (Fsp3) is 0.235. The fourth-order valence-corrected chi connectivity index (χ4v) is 4.17. The van der Waals surface area contributed by atoms with Crippen LogP contribution in [0.2, 0.25) is 5.02 Å². The van der Waals surface area contributed by atoms with Crippen LogP contribution in [0.15, 0.2) is 34.1 Å². The van der Waals surface area contributed by atoms with Gasteiger partial charge in [0.15, 0.2) is 5.82 Å². The van der Waals surface area contributed by atoms with Gasteiger partial charge in [-0.25, -0.2) is 9.67 Å². The van der Waals surface area contributed by atoms with Crippen LogP contribution in [0.5, 0.6) is 0 Å². The van der Waals surface area contributed by atoms with Crippen molar-refractivity contribution < 1.29 is 4.79 Å². The molecular formula is C17H16BrClN4OS. The molecule has 0 aliphatic rings. The molecule has 0 fully saturated rings. The van der Waals surface area contributed by atoms with Gasteiger partial charge < -0.3 is 4.90 Å². The lowest BCUT2D eigenvalue weighted by Gasteiger charge is -2.17. The van der Waals surface area contributed by atoms with Crippen LogP contribution in [-0.4, -0.2) is 32.6 Å². The first kappa shape index (κ1) is 18.1. The number of halogens is 2. The minimum absolute atomic E-state index is 0.224. The van der Waals surface area contributed by atoms with Crippen LogP contribution in [0.25, 0.3) is 5.82 Å². The van der Waals surface area contributed by atoms with E-state index < -0.39 is 0 Å². The Morgan fingerprint density at radius 3 is 2.72 bits per heavy atom. The number of nitrogens with zero attached hydrogens (tertiary/aromatic N) is 4. The topological polar surface area (TPSA) is 51.0 Å². The van der Waals surface area contributed by atoms with Gasteiger partial charge in [0.2, 0.25) is 0 Å². The number of amides is 1. The third-order valence-corrected chi connectivity index (χ3v) is 5.61. The highest BCUT2D eigenvalue weighted by Crippen LogP contribution is 2.23. The first-order valence-corrected chi connectivity index (χ1v) is 9.59. The number of carbonyl (C=O) groups is 1. The van der Waals surface area contributed by atoms with Crippen molar-refractivity contribution in [2.24, 2.45) is 0 Å². The summed E-state index contributed by atoms with van der Waals surface area (Å²) in [5.41, 5.74) is 2.06. The molecule has 0 unspecified atom stereocenters. The minimum Gasteiger partial charge on any atom is -0.335 e.